The van der Waals surface area contributed by atoms with E-state index in [9.17, 15) is 5.11 Å². The van der Waals surface area contributed by atoms with Gasteiger partial charge in [0, 0.05) is 13.2 Å². The van der Waals surface area contributed by atoms with Crippen LogP contribution in [0.4, 0.5) is 0 Å². The van der Waals surface area contributed by atoms with Crippen LogP contribution in [-0.2, 0) is 19.8 Å². The summed E-state index contributed by atoms with van der Waals surface area (Å²) in [5.74, 6) is 0.759. The van der Waals surface area contributed by atoms with Gasteiger partial charge in [0.25, 0.3) is 0 Å². The molecule has 1 aromatic carbocycles. The first kappa shape index (κ1) is 14.5. The largest absolute Gasteiger partial charge is 0.487 e. The van der Waals surface area contributed by atoms with E-state index in [2.05, 4.69) is 10.3 Å². The predicted octanol–water partition coefficient (Wildman–Crippen LogP) is 1.04. The molecule has 108 valence electrons. The van der Waals surface area contributed by atoms with Crippen LogP contribution in [0.5, 0.6) is 5.75 Å². The number of aromatic nitrogens is 3. The third-order valence-corrected chi connectivity index (χ3v) is 2.99. The monoisotopic (exact) mass is 277 g/mol. The first-order valence-electron chi connectivity index (χ1n) is 6.57. The molecule has 2 aromatic rings. The SMILES string of the molecule is Cc1ccc(OCc2c(CO)nnn2CCCO)cc1. The van der Waals surface area contributed by atoms with Gasteiger partial charge in [-0.1, -0.05) is 22.9 Å². The molecule has 0 unspecified atom stereocenters. The molecule has 0 aliphatic rings. The van der Waals surface area contributed by atoms with E-state index in [0.29, 0.717) is 18.7 Å². The first-order valence-corrected chi connectivity index (χ1v) is 6.57. The lowest BCUT2D eigenvalue weighted by Gasteiger charge is -2.09. The Hall–Kier alpha value is -1.92. The normalized spacial score (nSPS) is 10.8. The molecule has 0 spiro atoms. The van der Waals surface area contributed by atoms with Gasteiger partial charge >= 0.3 is 0 Å². The van der Waals surface area contributed by atoms with Crippen molar-refractivity contribution >= 4 is 0 Å². The van der Waals surface area contributed by atoms with Crippen molar-refractivity contribution in [3.8, 4) is 5.75 Å². The molecule has 20 heavy (non-hydrogen) atoms. The molecule has 0 radical (unpaired) electrons. The van der Waals surface area contributed by atoms with Crippen LogP contribution in [0.2, 0.25) is 0 Å². The molecule has 1 heterocycles. The Morgan fingerprint density at radius 3 is 2.60 bits per heavy atom. The summed E-state index contributed by atoms with van der Waals surface area (Å²) in [6, 6.07) is 7.75. The lowest BCUT2D eigenvalue weighted by Crippen LogP contribution is -2.10. The van der Waals surface area contributed by atoms with Gasteiger partial charge in [0.1, 0.15) is 23.7 Å². The summed E-state index contributed by atoms with van der Waals surface area (Å²) in [7, 11) is 0. The number of ether oxygens (including phenoxy) is 1. The molecule has 0 bridgehead atoms. The summed E-state index contributed by atoms with van der Waals surface area (Å²) in [6.07, 6.45) is 0.589. The Morgan fingerprint density at radius 2 is 1.95 bits per heavy atom. The van der Waals surface area contributed by atoms with Crippen LogP contribution in [0.1, 0.15) is 23.4 Å². The zero-order chi connectivity index (χ0) is 14.4. The number of hydrogen-bond acceptors (Lipinski definition) is 5. The van der Waals surface area contributed by atoms with E-state index in [1.807, 2.05) is 31.2 Å². The summed E-state index contributed by atoms with van der Waals surface area (Å²) in [4.78, 5) is 0. The van der Waals surface area contributed by atoms with E-state index in [1.54, 1.807) is 4.68 Å². The number of aliphatic hydroxyl groups excluding tert-OH is 2. The molecule has 0 fully saturated rings. The smallest absolute Gasteiger partial charge is 0.132 e. The summed E-state index contributed by atoms with van der Waals surface area (Å²) < 4.78 is 7.36. The maximum Gasteiger partial charge on any atom is 0.132 e. The minimum Gasteiger partial charge on any atom is -0.487 e. The molecule has 0 amide bonds. The lowest BCUT2D eigenvalue weighted by molar-refractivity contribution is 0.255. The highest BCUT2D eigenvalue weighted by Gasteiger charge is 2.12. The molecule has 6 heteroatoms. The van der Waals surface area contributed by atoms with Crippen LogP contribution in [0.25, 0.3) is 0 Å². The Balaban J connectivity index is 2.06. The van der Waals surface area contributed by atoms with Crippen molar-refractivity contribution in [1.29, 1.82) is 0 Å². The number of benzene rings is 1. The molecule has 2 N–H and O–H groups in total. The minimum atomic E-state index is -0.175. The highest BCUT2D eigenvalue weighted by molar-refractivity contribution is 5.26. The van der Waals surface area contributed by atoms with E-state index in [4.69, 9.17) is 9.84 Å². The van der Waals surface area contributed by atoms with Crippen molar-refractivity contribution in [2.45, 2.75) is 33.1 Å². The number of aliphatic hydroxyl groups is 2. The standard InChI is InChI=1S/C14H19N3O3/c1-11-3-5-12(6-4-11)20-10-14-13(9-19)15-16-17(14)7-2-8-18/h3-6,18-19H,2,7-10H2,1H3. The number of aryl methyl sites for hydroxylation is 2. The highest BCUT2D eigenvalue weighted by Crippen LogP contribution is 2.15. The zero-order valence-corrected chi connectivity index (χ0v) is 11.5. The Bertz CT molecular complexity index is 537. The Labute approximate surface area is 117 Å². The van der Waals surface area contributed by atoms with Gasteiger partial charge in [0.2, 0.25) is 0 Å². The van der Waals surface area contributed by atoms with Crippen LogP contribution in [0.15, 0.2) is 24.3 Å². The van der Waals surface area contributed by atoms with Gasteiger partial charge in [-0.3, -0.25) is 0 Å². The summed E-state index contributed by atoms with van der Waals surface area (Å²) in [5, 5.41) is 26.0. The second-order valence-corrected chi connectivity index (χ2v) is 4.54. The number of nitrogens with zero attached hydrogens (tertiary/aromatic N) is 3. The quantitative estimate of drug-likeness (QED) is 0.790. The van der Waals surface area contributed by atoms with Gasteiger partial charge in [0.15, 0.2) is 0 Å². The molecule has 0 saturated heterocycles. The van der Waals surface area contributed by atoms with Crippen molar-refractivity contribution < 1.29 is 14.9 Å². The molecule has 0 saturated carbocycles. The Morgan fingerprint density at radius 1 is 1.20 bits per heavy atom. The van der Waals surface area contributed by atoms with Gasteiger partial charge in [-0.15, -0.1) is 5.10 Å². The van der Waals surface area contributed by atoms with E-state index in [-0.39, 0.29) is 19.8 Å². The summed E-state index contributed by atoms with van der Waals surface area (Å²) >= 11 is 0. The van der Waals surface area contributed by atoms with E-state index >= 15 is 0 Å². The average Bonchev–Trinajstić information content (AvgIpc) is 2.86. The van der Waals surface area contributed by atoms with E-state index in [0.717, 1.165) is 11.4 Å². The van der Waals surface area contributed by atoms with Crippen LogP contribution >= 0.6 is 0 Å². The van der Waals surface area contributed by atoms with E-state index in [1.165, 1.54) is 5.56 Å². The van der Waals surface area contributed by atoms with Crippen LogP contribution in [0.3, 0.4) is 0 Å². The van der Waals surface area contributed by atoms with Gasteiger partial charge < -0.3 is 14.9 Å². The van der Waals surface area contributed by atoms with Crippen molar-refractivity contribution in [1.82, 2.24) is 15.0 Å². The van der Waals surface area contributed by atoms with Gasteiger partial charge in [-0.2, -0.15) is 0 Å². The summed E-state index contributed by atoms with van der Waals surface area (Å²) in [6.45, 7) is 2.77. The predicted molar refractivity (Wildman–Crippen MR) is 73.2 cm³/mol. The highest BCUT2D eigenvalue weighted by atomic mass is 16.5. The number of rotatable bonds is 7. The lowest BCUT2D eigenvalue weighted by atomic mass is 10.2. The second-order valence-electron chi connectivity index (χ2n) is 4.54. The first-order chi connectivity index (χ1) is 9.74. The fourth-order valence-electron chi connectivity index (χ4n) is 1.84. The minimum absolute atomic E-state index is 0.0899. The van der Waals surface area contributed by atoms with Crippen molar-refractivity contribution in [3.05, 3.63) is 41.2 Å². The van der Waals surface area contributed by atoms with Crippen LogP contribution < -0.4 is 4.74 Å². The fourth-order valence-corrected chi connectivity index (χ4v) is 1.84. The topological polar surface area (TPSA) is 80.4 Å². The summed E-state index contributed by atoms with van der Waals surface area (Å²) in [5.41, 5.74) is 2.42. The van der Waals surface area contributed by atoms with Crippen LogP contribution in [0, 0.1) is 6.92 Å². The molecule has 0 aliphatic carbocycles. The van der Waals surface area contributed by atoms with Crippen LogP contribution in [-0.4, -0.2) is 31.8 Å². The third-order valence-electron chi connectivity index (χ3n) is 2.99. The second kappa shape index (κ2) is 7.02. The maximum absolute atomic E-state index is 9.27. The third kappa shape index (κ3) is 3.55. The van der Waals surface area contributed by atoms with Gasteiger partial charge in [-0.25, -0.2) is 4.68 Å². The Kier molecular flexibility index (Phi) is 5.09. The molecular weight excluding hydrogens is 258 g/mol. The zero-order valence-electron chi connectivity index (χ0n) is 11.5. The van der Waals surface area contributed by atoms with Crippen molar-refractivity contribution in [2.24, 2.45) is 0 Å². The fraction of sp³-hybridized carbons (Fsp3) is 0.429. The van der Waals surface area contributed by atoms with Crippen molar-refractivity contribution in [3.63, 3.8) is 0 Å². The molecular formula is C14H19N3O3. The van der Waals surface area contributed by atoms with Gasteiger partial charge in [0.05, 0.1) is 6.61 Å². The molecule has 2 rings (SSSR count). The molecule has 6 nitrogen and oxygen atoms in total. The molecule has 0 aliphatic heterocycles. The molecule has 1 aromatic heterocycles. The van der Waals surface area contributed by atoms with Crippen molar-refractivity contribution in [2.75, 3.05) is 6.61 Å². The average molecular weight is 277 g/mol. The van der Waals surface area contributed by atoms with E-state index < -0.39 is 0 Å². The maximum atomic E-state index is 9.27. The van der Waals surface area contributed by atoms with Gasteiger partial charge in [-0.05, 0) is 25.5 Å². The number of hydrogen-bond donors (Lipinski definition) is 2. The molecule has 0 atom stereocenters.